The number of non-ortho nitro benzene ring substituents is 1. The van der Waals surface area contributed by atoms with E-state index in [4.69, 9.17) is 0 Å². The third kappa shape index (κ3) is 3.20. The van der Waals surface area contributed by atoms with Gasteiger partial charge in [-0.2, -0.15) is 0 Å². The lowest BCUT2D eigenvalue weighted by atomic mass is 10.1. The van der Waals surface area contributed by atoms with Crippen LogP contribution in [0.4, 0.5) is 11.4 Å². The number of hydrogen-bond acceptors (Lipinski definition) is 6. The zero-order valence-electron chi connectivity index (χ0n) is 10.8. The highest BCUT2D eigenvalue weighted by molar-refractivity contribution is 7.99. The molecule has 0 radical (unpaired) electrons. The van der Waals surface area contributed by atoms with Gasteiger partial charge >= 0.3 is 5.97 Å². The van der Waals surface area contributed by atoms with Crippen LogP contribution in [0.5, 0.6) is 0 Å². The highest BCUT2D eigenvalue weighted by Gasteiger charge is 2.27. The SMILES string of the molecule is O=C(O)c1cc([N+](=O)[O-])cc([N+](=O)[O-])c1Sc1ccccc1. The van der Waals surface area contributed by atoms with E-state index in [1.54, 1.807) is 30.3 Å². The first kappa shape index (κ1) is 15.4. The smallest absolute Gasteiger partial charge is 0.337 e. The number of nitro benzene ring substituents is 2. The molecular formula is C13H8N2O6S. The number of rotatable bonds is 5. The first-order valence-corrected chi connectivity index (χ1v) is 6.65. The molecule has 0 heterocycles. The molecular weight excluding hydrogens is 312 g/mol. The molecule has 2 rings (SSSR count). The maximum absolute atomic E-state index is 11.3. The number of carboxylic acids is 1. The molecule has 0 bridgehead atoms. The van der Waals surface area contributed by atoms with Crippen molar-refractivity contribution in [1.29, 1.82) is 0 Å². The number of hydrogen-bond donors (Lipinski definition) is 1. The Morgan fingerprint density at radius 3 is 2.18 bits per heavy atom. The van der Waals surface area contributed by atoms with Crippen LogP contribution in [0.2, 0.25) is 0 Å². The number of benzene rings is 2. The van der Waals surface area contributed by atoms with Gasteiger partial charge in [-0.25, -0.2) is 4.79 Å². The molecule has 0 unspecified atom stereocenters. The molecule has 0 aliphatic carbocycles. The molecule has 0 saturated carbocycles. The maximum atomic E-state index is 11.3. The van der Waals surface area contributed by atoms with Crippen LogP contribution in [0.3, 0.4) is 0 Å². The Balaban J connectivity index is 2.66. The Hall–Kier alpha value is -2.94. The molecule has 22 heavy (non-hydrogen) atoms. The number of nitro groups is 2. The van der Waals surface area contributed by atoms with Crippen LogP contribution in [-0.4, -0.2) is 20.9 Å². The summed E-state index contributed by atoms with van der Waals surface area (Å²) in [6.45, 7) is 0. The van der Waals surface area contributed by atoms with Crippen LogP contribution in [0.1, 0.15) is 10.4 Å². The van der Waals surface area contributed by atoms with E-state index >= 15 is 0 Å². The van der Waals surface area contributed by atoms with Crippen LogP contribution >= 0.6 is 11.8 Å². The standard InChI is InChI=1S/C13H8N2O6S/c16-13(17)10-6-8(14(18)19)7-11(15(20)21)12(10)22-9-4-2-1-3-5-9/h1-7H,(H,16,17). The summed E-state index contributed by atoms with van der Waals surface area (Å²) in [7, 11) is 0. The molecule has 1 N–H and O–H groups in total. The van der Waals surface area contributed by atoms with Crippen LogP contribution in [0, 0.1) is 20.2 Å². The Morgan fingerprint density at radius 1 is 1.05 bits per heavy atom. The van der Waals surface area contributed by atoms with E-state index in [1.165, 1.54) is 0 Å². The fraction of sp³-hybridized carbons (Fsp3) is 0. The van der Waals surface area contributed by atoms with Crippen molar-refractivity contribution in [2.45, 2.75) is 9.79 Å². The number of nitrogens with zero attached hydrogens (tertiary/aromatic N) is 2. The van der Waals surface area contributed by atoms with E-state index in [0.29, 0.717) is 4.90 Å². The van der Waals surface area contributed by atoms with Crippen LogP contribution in [0.25, 0.3) is 0 Å². The van der Waals surface area contributed by atoms with Gasteiger partial charge < -0.3 is 5.11 Å². The summed E-state index contributed by atoms with van der Waals surface area (Å²) >= 11 is 0.873. The molecule has 2 aromatic carbocycles. The molecule has 9 heteroatoms. The highest BCUT2D eigenvalue weighted by atomic mass is 32.2. The van der Waals surface area contributed by atoms with Crippen molar-refractivity contribution in [3.8, 4) is 0 Å². The number of carboxylic acid groups (broad SMARTS) is 1. The van der Waals surface area contributed by atoms with Gasteiger partial charge in [0.15, 0.2) is 0 Å². The van der Waals surface area contributed by atoms with Gasteiger partial charge in [-0.05, 0) is 12.1 Å². The second-order valence-electron chi connectivity index (χ2n) is 4.08. The fourth-order valence-electron chi connectivity index (χ4n) is 1.71. The Morgan fingerprint density at radius 2 is 1.68 bits per heavy atom. The van der Waals surface area contributed by atoms with Crippen LogP contribution in [-0.2, 0) is 0 Å². The summed E-state index contributed by atoms with van der Waals surface area (Å²) in [6, 6.07) is 10.0. The lowest BCUT2D eigenvalue weighted by Crippen LogP contribution is -2.04. The molecule has 0 saturated heterocycles. The van der Waals surface area contributed by atoms with Crippen molar-refractivity contribution < 1.29 is 19.7 Å². The summed E-state index contributed by atoms with van der Waals surface area (Å²) in [5.41, 5.74) is -1.73. The van der Waals surface area contributed by atoms with Gasteiger partial charge in [-0.15, -0.1) is 0 Å². The zero-order chi connectivity index (χ0) is 16.3. The van der Waals surface area contributed by atoms with Crippen molar-refractivity contribution in [2.75, 3.05) is 0 Å². The second-order valence-corrected chi connectivity index (χ2v) is 5.16. The molecule has 0 fully saturated rings. The molecule has 0 aliphatic rings. The second kappa shape index (κ2) is 6.22. The van der Waals surface area contributed by atoms with Crippen LogP contribution < -0.4 is 0 Å². The van der Waals surface area contributed by atoms with Gasteiger partial charge in [-0.1, -0.05) is 30.0 Å². The van der Waals surface area contributed by atoms with Crippen molar-refractivity contribution in [3.63, 3.8) is 0 Å². The van der Waals surface area contributed by atoms with Crippen molar-refractivity contribution in [3.05, 3.63) is 68.3 Å². The largest absolute Gasteiger partial charge is 0.478 e. The lowest BCUT2D eigenvalue weighted by molar-refractivity contribution is -0.396. The normalized spacial score (nSPS) is 10.2. The van der Waals surface area contributed by atoms with Crippen molar-refractivity contribution in [1.82, 2.24) is 0 Å². The Labute approximate surface area is 127 Å². The monoisotopic (exact) mass is 320 g/mol. The minimum Gasteiger partial charge on any atom is -0.478 e. The van der Waals surface area contributed by atoms with Crippen molar-refractivity contribution >= 4 is 29.1 Å². The summed E-state index contributed by atoms with van der Waals surface area (Å²) in [5.74, 6) is -1.47. The Bertz CT molecular complexity index is 727. The summed E-state index contributed by atoms with van der Waals surface area (Å²) in [5, 5.41) is 31.1. The quantitative estimate of drug-likeness (QED) is 0.661. The summed E-state index contributed by atoms with van der Waals surface area (Å²) < 4.78 is 0. The van der Waals surface area contributed by atoms with E-state index in [-0.39, 0.29) is 4.90 Å². The molecule has 0 atom stereocenters. The first-order chi connectivity index (χ1) is 10.4. The predicted octanol–water partition coefficient (Wildman–Crippen LogP) is 3.35. The molecule has 0 spiro atoms. The van der Waals surface area contributed by atoms with Crippen molar-refractivity contribution in [2.24, 2.45) is 0 Å². The van der Waals surface area contributed by atoms with Crippen LogP contribution in [0.15, 0.2) is 52.3 Å². The minimum absolute atomic E-state index is 0.144. The van der Waals surface area contributed by atoms with Gasteiger partial charge in [0.1, 0.15) is 4.90 Å². The molecule has 0 aromatic heterocycles. The fourth-order valence-corrected chi connectivity index (χ4v) is 2.74. The van der Waals surface area contributed by atoms with Gasteiger partial charge in [0.2, 0.25) is 0 Å². The third-order valence-corrected chi connectivity index (χ3v) is 3.80. The van der Waals surface area contributed by atoms with Gasteiger partial charge in [0.25, 0.3) is 11.4 Å². The predicted molar refractivity (Wildman–Crippen MR) is 77.3 cm³/mol. The summed E-state index contributed by atoms with van der Waals surface area (Å²) in [6.07, 6.45) is 0. The zero-order valence-corrected chi connectivity index (χ0v) is 11.6. The molecule has 8 nitrogen and oxygen atoms in total. The minimum atomic E-state index is -1.47. The maximum Gasteiger partial charge on any atom is 0.337 e. The van der Waals surface area contributed by atoms with Gasteiger partial charge in [0, 0.05) is 11.0 Å². The van der Waals surface area contributed by atoms with Gasteiger partial charge in [0.05, 0.1) is 21.5 Å². The summed E-state index contributed by atoms with van der Waals surface area (Å²) in [4.78, 5) is 32.0. The van der Waals surface area contributed by atoms with E-state index < -0.39 is 32.8 Å². The molecule has 2 aromatic rings. The Kier molecular flexibility index (Phi) is 4.37. The molecule has 0 aliphatic heterocycles. The first-order valence-electron chi connectivity index (χ1n) is 5.83. The number of carbonyl (C=O) groups is 1. The van der Waals surface area contributed by atoms with E-state index in [2.05, 4.69) is 0 Å². The van der Waals surface area contributed by atoms with E-state index in [9.17, 15) is 30.1 Å². The molecule has 112 valence electrons. The topological polar surface area (TPSA) is 124 Å². The van der Waals surface area contributed by atoms with E-state index in [0.717, 1.165) is 23.9 Å². The van der Waals surface area contributed by atoms with E-state index in [1.807, 2.05) is 0 Å². The van der Waals surface area contributed by atoms with Gasteiger partial charge in [-0.3, -0.25) is 20.2 Å². The third-order valence-electron chi connectivity index (χ3n) is 2.66. The highest BCUT2D eigenvalue weighted by Crippen LogP contribution is 2.40. The average Bonchev–Trinajstić information content (AvgIpc) is 2.47. The lowest BCUT2D eigenvalue weighted by Gasteiger charge is -2.07. The average molecular weight is 320 g/mol. The molecule has 0 amide bonds. The number of aromatic carboxylic acids is 1.